The maximum absolute atomic E-state index is 11.3. The number of halogens is 2. The fourth-order valence-corrected chi connectivity index (χ4v) is 3.76. The highest BCUT2D eigenvalue weighted by Crippen LogP contribution is 2.30. The number of aryl methyl sites for hydroxylation is 1. The lowest BCUT2D eigenvalue weighted by atomic mass is 9.82. The molecule has 0 N–H and O–H groups in total. The second-order valence-electron chi connectivity index (χ2n) is 5.99. The van der Waals surface area contributed by atoms with E-state index >= 15 is 0 Å². The summed E-state index contributed by atoms with van der Waals surface area (Å²) in [6.45, 7) is 8.22. The molecule has 3 nitrogen and oxygen atoms in total. The molecular formula is C14H20BrClO3S. The van der Waals surface area contributed by atoms with Gasteiger partial charge in [0.05, 0.1) is 12.4 Å². The molecule has 1 unspecified atom stereocenters. The summed E-state index contributed by atoms with van der Waals surface area (Å²) in [5.41, 5.74) is 0.798. The van der Waals surface area contributed by atoms with Gasteiger partial charge in [0.2, 0.25) is 9.05 Å². The van der Waals surface area contributed by atoms with Crippen LogP contribution in [0.1, 0.15) is 26.3 Å². The zero-order valence-corrected chi connectivity index (χ0v) is 15.3. The lowest BCUT2D eigenvalue weighted by molar-refractivity contribution is 0.163. The van der Waals surface area contributed by atoms with Crippen LogP contribution in [0.3, 0.4) is 0 Å². The van der Waals surface area contributed by atoms with Gasteiger partial charge in [-0.05, 0) is 36.1 Å². The molecule has 0 aliphatic heterocycles. The van der Waals surface area contributed by atoms with Gasteiger partial charge in [0, 0.05) is 21.1 Å². The van der Waals surface area contributed by atoms with Crippen molar-refractivity contribution in [3.05, 3.63) is 28.2 Å². The molecule has 1 aromatic rings. The molecule has 0 saturated heterocycles. The second kappa shape index (κ2) is 6.67. The van der Waals surface area contributed by atoms with E-state index in [0.717, 1.165) is 15.8 Å². The third kappa shape index (κ3) is 6.02. The van der Waals surface area contributed by atoms with Crippen molar-refractivity contribution in [1.29, 1.82) is 0 Å². The fourth-order valence-electron chi connectivity index (χ4n) is 1.75. The van der Waals surface area contributed by atoms with Crippen molar-refractivity contribution in [3.63, 3.8) is 0 Å². The van der Waals surface area contributed by atoms with Crippen LogP contribution in [0.25, 0.3) is 0 Å². The third-order valence-corrected chi connectivity index (χ3v) is 4.87. The van der Waals surface area contributed by atoms with E-state index in [-0.39, 0.29) is 17.1 Å². The van der Waals surface area contributed by atoms with Gasteiger partial charge in [0.25, 0.3) is 0 Å². The summed E-state index contributed by atoms with van der Waals surface area (Å²) in [5.74, 6) is 0.496. The summed E-state index contributed by atoms with van der Waals surface area (Å²) >= 11 is 3.40. The summed E-state index contributed by atoms with van der Waals surface area (Å²) in [7, 11) is 1.84. The normalized spacial score (nSPS) is 14.1. The number of hydrogen-bond acceptors (Lipinski definition) is 3. The Kier molecular flexibility index (Phi) is 5.93. The SMILES string of the molecule is Cc1cc(Br)ccc1OCC(CS(=O)(=O)Cl)C(C)(C)C. The molecule has 0 radical (unpaired) electrons. The highest BCUT2D eigenvalue weighted by molar-refractivity contribution is 9.10. The summed E-state index contributed by atoms with van der Waals surface area (Å²) in [6.07, 6.45) is 0. The lowest BCUT2D eigenvalue weighted by Crippen LogP contribution is -2.31. The summed E-state index contributed by atoms with van der Waals surface area (Å²) in [4.78, 5) is 0. The predicted molar refractivity (Wildman–Crippen MR) is 87.0 cm³/mol. The molecule has 0 fully saturated rings. The van der Waals surface area contributed by atoms with Crippen molar-refractivity contribution in [2.24, 2.45) is 11.3 Å². The Morgan fingerprint density at radius 1 is 1.35 bits per heavy atom. The van der Waals surface area contributed by atoms with Gasteiger partial charge in [-0.1, -0.05) is 36.7 Å². The van der Waals surface area contributed by atoms with Crippen molar-refractivity contribution in [2.45, 2.75) is 27.7 Å². The van der Waals surface area contributed by atoms with Gasteiger partial charge in [0.1, 0.15) is 5.75 Å². The van der Waals surface area contributed by atoms with Gasteiger partial charge >= 0.3 is 0 Å². The first-order valence-corrected chi connectivity index (χ1v) is 9.57. The minimum atomic E-state index is -3.54. The molecule has 20 heavy (non-hydrogen) atoms. The smallest absolute Gasteiger partial charge is 0.233 e. The van der Waals surface area contributed by atoms with Crippen LogP contribution in [-0.4, -0.2) is 20.8 Å². The molecule has 1 atom stereocenters. The van der Waals surface area contributed by atoms with E-state index in [1.165, 1.54) is 0 Å². The van der Waals surface area contributed by atoms with Crippen molar-refractivity contribution in [3.8, 4) is 5.75 Å². The maximum atomic E-state index is 11.3. The number of ether oxygens (including phenoxy) is 1. The Morgan fingerprint density at radius 3 is 2.40 bits per heavy atom. The molecule has 0 aliphatic carbocycles. The molecule has 0 heterocycles. The zero-order chi connectivity index (χ0) is 15.6. The Balaban J connectivity index is 2.81. The summed E-state index contributed by atoms with van der Waals surface area (Å²) in [5, 5.41) is 0. The van der Waals surface area contributed by atoms with Gasteiger partial charge in [-0.3, -0.25) is 0 Å². The van der Waals surface area contributed by atoms with Crippen molar-refractivity contribution >= 4 is 35.7 Å². The lowest BCUT2D eigenvalue weighted by Gasteiger charge is -2.29. The van der Waals surface area contributed by atoms with Gasteiger partial charge in [-0.15, -0.1) is 0 Å². The average molecular weight is 384 g/mol. The molecule has 1 rings (SSSR count). The van der Waals surface area contributed by atoms with Crippen LogP contribution in [0.15, 0.2) is 22.7 Å². The predicted octanol–water partition coefficient (Wildman–Crippen LogP) is 4.37. The van der Waals surface area contributed by atoms with Crippen molar-refractivity contribution in [2.75, 3.05) is 12.4 Å². The first-order valence-electron chi connectivity index (χ1n) is 6.30. The van der Waals surface area contributed by atoms with E-state index in [1.807, 2.05) is 45.9 Å². The van der Waals surface area contributed by atoms with Crippen molar-refractivity contribution in [1.82, 2.24) is 0 Å². The molecule has 0 saturated carbocycles. The van der Waals surface area contributed by atoms with Crippen LogP contribution in [0.2, 0.25) is 0 Å². The summed E-state index contributed by atoms with van der Waals surface area (Å²) in [6, 6.07) is 5.72. The van der Waals surface area contributed by atoms with Gasteiger partial charge < -0.3 is 4.74 Å². The Labute approximate surface area is 134 Å². The molecule has 0 bridgehead atoms. The molecule has 6 heteroatoms. The van der Waals surface area contributed by atoms with E-state index in [0.29, 0.717) is 6.61 Å². The topological polar surface area (TPSA) is 43.4 Å². The van der Waals surface area contributed by atoms with Crippen LogP contribution >= 0.6 is 26.6 Å². The van der Waals surface area contributed by atoms with Crippen LogP contribution in [0.4, 0.5) is 0 Å². The molecule has 0 aromatic heterocycles. The molecule has 0 spiro atoms. The quantitative estimate of drug-likeness (QED) is 0.709. The van der Waals surface area contributed by atoms with Gasteiger partial charge in [0.15, 0.2) is 0 Å². The van der Waals surface area contributed by atoms with Gasteiger partial charge in [-0.25, -0.2) is 8.42 Å². The first-order chi connectivity index (χ1) is 8.99. The first kappa shape index (κ1) is 17.8. The van der Waals surface area contributed by atoms with Crippen molar-refractivity contribution < 1.29 is 13.2 Å². The van der Waals surface area contributed by atoms with E-state index in [9.17, 15) is 8.42 Å². The maximum Gasteiger partial charge on any atom is 0.233 e. The van der Waals surface area contributed by atoms with Crippen LogP contribution < -0.4 is 4.74 Å². The van der Waals surface area contributed by atoms with Gasteiger partial charge in [-0.2, -0.15) is 0 Å². The monoisotopic (exact) mass is 382 g/mol. The van der Waals surface area contributed by atoms with Crippen LogP contribution in [-0.2, 0) is 9.05 Å². The largest absolute Gasteiger partial charge is 0.493 e. The van der Waals surface area contributed by atoms with E-state index < -0.39 is 9.05 Å². The standard InChI is InChI=1S/C14H20BrClO3S/c1-10-7-12(15)5-6-13(10)19-8-11(14(2,3)4)9-20(16,17)18/h5-7,11H,8-9H2,1-4H3. The highest BCUT2D eigenvalue weighted by atomic mass is 79.9. The number of rotatable bonds is 5. The third-order valence-electron chi connectivity index (χ3n) is 3.20. The molecule has 0 aliphatic rings. The van der Waals surface area contributed by atoms with E-state index in [2.05, 4.69) is 15.9 Å². The Morgan fingerprint density at radius 2 is 1.95 bits per heavy atom. The fraction of sp³-hybridized carbons (Fsp3) is 0.571. The average Bonchev–Trinajstić information content (AvgIpc) is 2.23. The molecule has 1 aromatic carbocycles. The number of benzene rings is 1. The van der Waals surface area contributed by atoms with E-state index in [1.54, 1.807) is 0 Å². The molecular weight excluding hydrogens is 364 g/mol. The Hall–Kier alpha value is -0.260. The van der Waals surface area contributed by atoms with Crippen LogP contribution in [0.5, 0.6) is 5.75 Å². The van der Waals surface area contributed by atoms with E-state index in [4.69, 9.17) is 15.4 Å². The van der Waals surface area contributed by atoms with Crippen LogP contribution in [0, 0.1) is 18.3 Å². The highest BCUT2D eigenvalue weighted by Gasteiger charge is 2.29. The Bertz CT molecular complexity index is 564. The molecule has 114 valence electrons. The number of hydrogen-bond donors (Lipinski definition) is 0. The minimum absolute atomic E-state index is 0.0897. The second-order valence-corrected chi connectivity index (χ2v) is 9.73. The summed E-state index contributed by atoms with van der Waals surface area (Å²) < 4.78 is 29.4. The minimum Gasteiger partial charge on any atom is -0.493 e. The molecule has 0 amide bonds. The zero-order valence-electron chi connectivity index (χ0n) is 12.1.